The Bertz CT molecular complexity index is 1850. The molecule has 2 saturated carbocycles. The molecule has 0 spiro atoms. The minimum absolute atomic E-state index is 0.0224. The van der Waals surface area contributed by atoms with Gasteiger partial charge >= 0.3 is 0 Å². The molecule has 3 aliphatic carbocycles. The summed E-state index contributed by atoms with van der Waals surface area (Å²) in [5, 5.41) is 12.4. The molecule has 2 aromatic carbocycles. The lowest BCUT2D eigenvalue weighted by molar-refractivity contribution is -0.135. The number of hydrogen-bond donors (Lipinski definition) is 1. The number of para-hydroxylation sites is 1. The Hall–Kier alpha value is -4.13. The number of amides is 2. The highest BCUT2D eigenvalue weighted by Crippen LogP contribution is 2.64. The van der Waals surface area contributed by atoms with Crippen molar-refractivity contribution in [2.45, 2.75) is 75.9 Å². The van der Waals surface area contributed by atoms with Gasteiger partial charge < -0.3 is 29.3 Å². The number of likely N-dealkylation sites (tertiary alicyclic amines) is 1. The van der Waals surface area contributed by atoms with E-state index in [0.717, 1.165) is 60.9 Å². The van der Waals surface area contributed by atoms with Crippen molar-refractivity contribution in [3.8, 4) is 18.1 Å². The molecular formula is C41H48N4O5. The fourth-order valence-corrected chi connectivity index (χ4v) is 10.3. The first kappa shape index (κ1) is 33.0. The summed E-state index contributed by atoms with van der Waals surface area (Å²) >= 11 is 0. The number of ether oxygens (including phenoxy) is 2. The molecule has 4 fully saturated rings. The fraction of sp³-hybridized carbons (Fsp3) is 0.537. The average Bonchev–Trinajstić information content (AvgIpc) is 3.75. The second kappa shape index (κ2) is 12.9. The number of aromatic nitrogens is 1. The number of nitrogens with zero attached hydrogens (tertiary/aromatic N) is 4. The number of aryl methyl sites for hydroxylation is 1. The number of aliphatic hydroxyl groups is 1. The number of pyridine rings is 1. The zero-order valence-electron chi connectivity index (χ0n) is 29.3. The van der Waals surface area contributed by atoms with Crippen LogP contribution < -0.4 is 9.64 Å². The van der Waals surface area contributed by atoms with Crippen LogP contribution in [0.2, 0.25) is 0 Å². The van der Waals surface area contributed by atoms with Gasteiger partial charge in [-0.1, -0.05) is 37.1 Å². The lowest BCUT2D eigenvalue weighted by atomic mass is 9.53. The van der Waals surface area contributed by atoms with Crippen molar-refractivity contribution in [3.63, 3.8) is 0 Å². The van der Waals surface area contributed by atoms with Crippen LogP contribution in [0.3, 0.4) is 0 Å². The van der Waals surface area contributed by atoms with E-state index in [4.69, 9.17) is 15.9 Å². The third kappa shape index (κ3) is 5.34. The Kier molecular flexibility index (Phi) is 8.51. The number of terminal acetylenes is 1. The van der Waals surface area contributed by atoms with Crippen LogP contribution in [-0.4, -0.2) is 90.0 Å². The summed E-state index contributed by atoms with van der Waals surface area (Å²) < 4.78 is 11.5. The van der Waals surface area contributed by atoms with Gasteiger partial charge in [0, 0.05) is 50.6 Å². The van der Waals surface area contributed by atoms with Gasteiger partial charge in [0.1, 0.15) is 23.1 Å². The first-order valence-corrected chi connectivity index (χ1v) is 18.4. The van der Waals surface area contributed by atoms with Crippen molar-refractivity contribution in [3.05, 3.63) is 65.4 Å². The standard InChI is InChI=1S/C41H48N4O5/c1-4-41(48)18-16-32-30-13-11-28-24-37(50-26-49-3)36(25-31(28)29(30)15-17-40(32,41)2)43-20-22-44(23-21-43)39(47)35-10-7-19-45(35)38(46)34-14-12-27-8-5-6-9-33(27)42-34/h1,5-6,8-9,12,14,24-25,29-30,32,35,48H,7,10-11,13,15-23,26H2,2-3H3/t29-,30+,32-,35-,40?,41-/m0/s1. The molecule has 3 aromatic rings. The van der Waals surface area contributed by atoms with E-state index in [1.165, 1.54) is 11.1 Å². The lowest BCUT2D eigenvalue weighted by Gasteiger charge is -2.52. The van der Waals surface area contributed by atoms with Gasteiger partial charge in [-0.05, 0) is 105 Å². The maximum absolute atomic E-state index is 14.0. The van der Waals surface area contributed by atoms with E-state index in [9.17, 15) is 14.7 Å². The molecule has 9 heteroatoms. The predicted octanol–water partition coefficient (Wildman–Crippen LogP) is 5.39. The summed E-state index contributed by atoms with van der Waals surface area (Å²) in [7, 11) is 1.64. The van der Waals surface area contributed by atoms with Gasteiger partial charge in [0.05, 0.1) is 11.2 Å². The van der Waals surface area contributed by atoms with E-state index in [-0.39, 0.29) is 24.0 Å². The van der Waals surface area contributed by atoms with Crippen molar-refractivity contribution in [2.24, 2.45) is 17.3 Å². The zero-order valence-corrected chi connectivity index (χ0v) is 29.3. The number of piperazine rings is 1. The van der Waals surface area contributed by atoms with Gasteiger partial charge in [-0.3, -0.25) is 9.59 Å². The third-order valence-corrected chi connectivity index (χ3v) is 13.1. The van der Waals surface area contributed by atoms with Crippen molar-refractivity contribution >= 4 is 28.4 Å². The van der Waals surface area contributed by atoms with Crippen LogP contribution in [0.25, 0.3) is 10.9 Å². The highest BCUT2D eigenvalue weighted by molar-refractivity contribution is 5.98. The van der Waals surface area contributed by atoms with E-state index in [2.05, 4.69) is 34.9 Å². The molecule has 1 N–H and O–H groups in total. The molecule has 2 saturated heterocycles. The van der Waals surface area contributed by atoms with E-state index < -0.39 is 11.6 Å². The Balaban J connectivity index is 0.987. The van der Waals surface area contributed by atoms with Crippen molar-refractivity contribution < 1.29 is 24.2 Å². The minimum Gasteiger partial charge on any atom is -0.465 e. The zero-order chi connectivity index (χ0) is 34.6. The number of fused-ring (bicyclic) bond motifs is 6. The van der Waals surface area contributed by atoms with Gasteiger partial charge in [-0.15, -0.1) is 6.42 Å². The molecule has 1 unspecified atom stereocenters. The number of carbonyl (C=O) groups excluding carboxylic acids is 2. The maximum atomic E-state index is 14.0. The van der Waals surface area contributed by atoms with Crippen LogP contribution in [0.15, 0.2) is 48.5 Å². The highest BCUT2D eigenvalue weighted by Gasteiger charge is 2.61. The molecule has 2 aliphatic heterocycles. The van der Waals surface area contributed by atoms with E-state index in [0.29, 0.717) is 69.0 Å². The van der Waals surface area contributed by atoms with Gasteiger partial charge in [-0.2, -0.15) is 0 Å². The van der Waals surface area contributed by atoms with Gasteiger partial charge in [0.15, 0.2) is 6.79 Å². The molecule has 0 radical (unpaired) electrons. The Morgan fingerprint density at radius 1 is 1.02 bits per heavy atom. The smallest absolute Gasteiger partial charge is 0.273 e. The molecule has 1 aromatic heterocycles. The van der Waals surface area contributed by atoms with Crippen molar-refractivity contribution in [2.75, 3.05) is 51.5 Å². The van der Waals surface area contributed by atoms with Gasteiger partial charge in [-0.25, -0.2) is 4.98 Å². The summed E-state index contributed by atoms with van der Waals surface area (Å²) in [6, 6.07) is 15.6. The monoisotopic (exact) mass is 676 g/mol. The molecule has 0 bridgehead atoms. The second-order valence-electron chi connectivity index (χ2n) is 15.3. The largest absolute Gasteiger partial charge is 0.465 e. The number of hydrogen-bond acceptors (Lipinski definition) is 7. The van der Waals surface area contributed by atoms with Crippen LogP contribution in [0.1, 0.15) is 79.4 Å². The Morgan fingerprint density at radius 3 is 2.64 bits per heavy atom. The molecule has 50 heavy (non-hydrogen) atoms. The molecule has 262 valence electrons. The van der Waals surface area contributed by atoms with Gasteiger partial charge in [0.25, 0.3) is 5.91 Å². The van der Waals surface area contributed by atoms with Crippen LogP contribution >= 0.6 is 0 Å². The molecule has 2 amide bonds. The molecule has 8 rings (SSSR count). The van der Waals surface area contributed by atoms with Crippen LogP contribution in [0.5, 0.6) is 5.75 Å². The topological polar surface area (TPSA) is 95.4 Å². The summed E-state index contributed by atoms with van der Waals surface area (Å²) in [5.74, 6) is 4.80. The average molecular weight is 677 g/mol. The Morgan fingerprint density at radius 2 is 1.84 bits per heavy atom. The summed E-state index contributed by atoms with van der Waals surface area (Å²) in [5.41, 5.74) is 3.70. The quantitative estimate of drug-likeness (QED) is 0.276. The number of methoxy groups -OCH3 is 1. The normalized spacial score (nSPS) is 30.4. The number of benzene rings is 2. The summed E-state index contributed by atoms with van der Waals surface area (Å²) in [6.45, 7) is 5.44. The number of anilines is 1. The molecule has 5 aliphatic rings. The summed E-state index contributed by atoms with van der Waals surface area (Å²) in [4.78, 5) is 38.2. The van der Waals surface area contributed by atoms with E-state index in [1.54, 1.807) is 18.1 Å². The third-order valence-electron chi connectivity index (χ3n) is 13.1. The first-order chi connectivity index (χ1) is 24.2. The van der Waals surface area contributed by atoms with Gasteiger partial charge in [0.2, 0.25) is 5.91 Å². The SMILES string of the molecule is C#C[C@]1(O)CC[C@H]2[C@@H]3CCc4cc(OCOC)c(N5CCN(C(=O)[C@@H]6CCCN6C(=O)c6ccc7ccccc7n6)CC5)cc4[C@H]3CCC21C. The summed E-state index contributed by atoms with van der Waals surface area (Å²) in [6.07, 6.45) is 13.1. The minimum atomic E-state index is -1.01. The highest BCUT2D eigenvalue weighted by atomic mass is 16.7. The predicted molar refractivity (Wildman–Crippen MR) is 192 cm³/mol. The van der Waals surface area contributed by atoms with Crippen molar-refractivity contribution in [1.82, 2.24) is 14.8 Å². The fourth-order valence-electron chi connectivity index (χ4n) is 10.3. The maximum Gasteiger partial charge on any atom is 0.273 e. The van der Waals surface area contributed by atoms with Crippen LogP contribution in [-0.2, 0) is 16.0 Å². The lowest BCUT2D eigenvalue weighted by Crippen LogP contribution is -2.54. The molecular weight excluding hydrogens is 628 g/mol. The van der Waals surface area contributed by atoms with E-state index in [1.807, 2.05) is 35.2 Å². The second-order valence-corrected chi connectivity index (χ2v) is 15.3. The molecule has 9 nitrogen and oxygen atoms in total. The van der Waals surface area contributed by atoms with E-state index >= 15 is 0 Å². The first-order valence-electron chi connectivity index (χ1n) is 18.4. The van der Waals surface area contributed by atoms with Crippen LogP contribution in [0, 0.1) is 29.6 Å². The Labute approximate surface area is 294 Å². The number of rotatable bonds is 6. The molecule has 3 heterocycles. The number of carbonyl (C=O) groups is 2. The molecule has 6 atom stereocenters. The van der Waals surface area contributed by atoms with Crippen molar-refractivity contribution in [1.29, 1.82) is 0 Å². The van der Waals surface area contributed by atoms with Crippen LogP contribution in [0.4, 0.5) is 5.69 Å².